The van der Waals surface area contributed by atoms with Crippen molar-refractivity contribution in [2.75, 3.05) is 13.1 Å². The molecule has 104 valence electrons. The van der Waals surface area contributed by atoms with Crippen LogP contribution < -0.4 is 5.32 Å². The van der Waals surface area contributed by atoms with E-state index in [1.54, 1.807) is 5.56 Å². The SMILES string of the molecule is Cc1ccc(C(C)(C)C)cc1C1CCC2(CNC2)C1. The van der Waals surface area contributed by atoms with Gasteiger partial charge in [0.05, 0.1) is 0 Å². The summed E-state index contributed by atoms with van der Waals surface area (Å²) in [6, 6.07) is 7.14. The summed E-state index contributed by atoms with van der Waals surface area (Å²) < 4.78 is 0. The number of nitrogens with one attached hydrogen (secondary N) is 1. The lowest BCUT2D eigenvalue weighted by atomic mass is 9.77. The van der Waals surface area contributed by atoms with E-state index >= 15 is 0 Å². The van der Waals surface area contributed by atoms with Crippen LogP contribution in [0.15, 0.2) is 18.2 Å². The molecule has 1 aromatic carbocycles. The van der Waals surface area contributed by atoms with Gasteiger partial charge in [-0.25, -0.2) is 0 Å². The highest BCUT2D eigenvalue weighted by Crippen LogP contribution is 2.49. The molecule has 1 nitrogen and oxygen atoms in total. The van der Waals surface area contributed by atoms with Gasteiger partial charge in [-0.15, -0.1) is 0 Å². The predicted molar refractivity (Wildman–Crippen MR) is 81.8 cm³/mol. The Bertz CT molecular complexity index is 477. The Kier molecular flexibility index (Phi) is 3.01. The smallest absolute Gasteiger partial charge is 0.00204 e. The zero-order chi connectivity index (χ0) is 13.7. The Hall–Kier alpha value is -0.820. The topological polar surface area (TPSA) is 12.0 Å². The van der Waals surface area contributed by atoms with Gasteiger partial charge in [0.25, 0.3) is 0 Å². The molecule has 1 heterocycles. The van der Waals surface area contributed by atoms with Crippen molar-refractivity contribution in [3.8, 4) is 0 Å². The van der Waals surface area contributed by atoms with E-state index in [0.717, 1.165) is 5.92 Å². The lowest BCUT2D eigenvalue weighted by Crippen LogP contribution is -2.51. The average molecular weight is 257 g/mol. The molecule has 1 aliphatic carbocycles. The highest BCUT2D eigenvalue weighted by atomic mass is 15.0. The number of rotatable bonds is 1. The van der Waals surface area contributed by atoms with E-state index in [2.05, 4.69) is 51.2 Å². The molecule has 19 heavy (non-hydrogen) atoms. The van der Waals surface area contributed by atoms with Crippen LogP contribution in [0.2, 0.25) is 0 Å². The van der Waals surface area contributed by atoms with Crippen molar-refractivity contribution in [3.63, 3.8) is 0 Å². The fraction of sp³-hybridized carbons (Fsp3) is 0.667. The Morgan fingerprint density at radius 3 is 2.47 bits per heavy atom. The van der Waals surface area contributed by atoms with Crippen molar-refractivity contribution in [1.82, 2.24) is 5.32 Å². The molecule has 2 aliphatic rings. The summed E-state index contributed by atoms with van der Waals surface area (Å²) in [5.74, 6) is 0.796. The molecule has 1 saturated carbocycles. The molecule has 1 heteroatoms. The van der Waals surface area contributed by atoms with E-state index < -0.39 is 0 Å². The van der Waals surface area contributed by atoms with Gasteiger partial charge in [-0.3, -0.25) is 0 Å². The third kappa shape index (κ3) is 2.33. The molecule has 1 N–H and O–H groups in total. The van der Waals surface area contributed by atoms with E-state index in [9.17, 15) is 0 Å². The first-order chi connectivity index (χ1) is 8.90. The largest absolute Gasteiger partial charge is 0.316 e. The van der Waals surface area contributed by atoms with Gasteiger partial charge in [-0.1, -0.05) is 39.0 Å². The zero-order valence-electron chi connectivity index (χ0n) is 12.8. The lowest BCUT2D eigenvalue weighted by molar-refractivity contribution is 0.175. The predicted octanol–water partition coefficient (Wildman–Crippen LogP) is 4.15. The Morgan fingerprint density at radius 1 is 1.21 bits per heavy atom. The number of hydrogen-bond donors (Lipinski definition) is 1. The Morgan fingerprint density at radius 2 is 1.95 bits per heavy atom. The Labute approximate surface area is 117 Å². The monoisotopic (exact) mass is 257 g/mol. The Balaban J connectivity index is 1.88. The third-order valence-corrected chi connectivity index (χ3v) is 5.29. The first-order valence-corrected chi connectivity index (χ1v) is 7.71. The quantitative estimate of drug-likeness (QED) is 0.797. The van der Waals surface area contributed by atoms with Crippen LogP contribution >= 0.6 is 0 Å². The van der Waals surface area contributed by atoms with Crippen molar-refractivity contribution >= 4 is 0 Å². The molecule has 1 spiro atoms. The van der Waals surface area contributed by atoms with Crippen LogP contribution in [-0.4, -0.2) is 13.1 Å². The second kappa shape index (κ2) is 4.34. The maximum Gasteiger partial charge on any atom is 0.00204 e. The average Bonchev–Trinajstić information content (AvgIpc) is 2.72. The van der Waals surface area contributed by atoms with Gasteiger partial charge in [0.1, 0.15) is 0 Å². The van der Waals surface area contributed by atoms with Gasteiger partial charge >= 0.3 is 0 Å². The van der Waals surface area contributed by atoms with Crippen molar-refractivity contribution in [2.45, 2.75) is 58.3 Å². The molecular weight excluding hydrogens is 230 g/mol. The van der Waals surface area contributed by atoms with Crippen LogP contribution in [0.4, 0.5) is 0 Å². The minimum atomic E-state index is 0.261. The number of benzene rings is 1. The highest BCUT2D eigenvalue weighted by Gasteiger charge is 2.44. The summed E-state index contributed by atoms with van der Waals surface area (Å²) in [6.07, 6.45) is 4.20. The summed E-state index contributed by atoms with van der Waals surface area (Å²) in [6.45, 7) is 11.7. The van der Waals surface area contributed by atoms with Gasteiger partial charge in [0, 0.05) is 13.1 Å². The van der Waals surface area contributed by atoms with E-state index in [1.165, 1.54) is 43.5 Å². The molecule has 1 atom stereocenters. The molecular formula is C18H27N. The first kappa shape index (κ1) is 13.2. The zero-order valence-corrected chi connectivity index (χ0v) is 12.8. The number of hydrogen-bond acceptors (Lipinski definition) is 1. The van der Waals surface area contributed by atoms with Gasteiger partial charge in [0.2, 0.25) is 0 Å². The summed E-state index contributed by atoms with van der Waals surface area (Å²) in [5, 5.41) is 3.47. The van der Waals surface area contributed by atoms with Crippen LogP contribution in [0.1, 0.15) is 62.6 Å². The maximum atomic E-state index is 3.47. The summed E-state index contributed by atoms with van der Waals surface area (Å²) in [5.41, 5.74) is 5.50. The van der Waals surface area contributed by atoms with Crippen LogP contribution in [0.3, 0.4) is 0 Å². The molecule has 0 amide bonds. The fourth-order valence-corrected chi connectivity index (χ4v) is 3.82. The van der Waals surface area contributed by atoms with Crippen LogP contribution in [0.25, 0.3) is 0 Å². The lowest BCUT2D eigenvalue weighted by Gasteiger charge is -2.39. The van der Waals surface area contributed by atoms with Crippen molar-refractivity contribution in [1.29, 1.82) is 0 Å². The van der Waals surface area contributed by atoms with Gasteiger partial charge in [0.15, 0.2) is 0 Å². The number of aryl methyl sites for hydroxylation is 1. The molecule has 0 bridgehead atoms. The minimum absolute atomic E-state index is 0.261. The second-order valence-electron chi connectivity index (χ2n) is 7.86. The first-order valence-electron chi connectivity index (χ1n) is 7.71. The van der Waals surface area contributed by atoms with E-state index in [4.69, 9.17) is 0 Å². The highest BCUT2D eigenvalue weighted by molar-refractivity contribution is 5.37. The standard InChI is InChI=1S/C18H27N/c1-13-5-6-15(17(2,3)4)9-16(13)14-7-8-18(10-14)11-19-12-18/h5-6,9,14,19H,7-8,10-12H2,1-4H3. The molecule has 0 radical (unpaired) electrons. The molecule has 0 aromatic heterocycles. The minimum Gasteiger partial charge on any atom is -0.316 e. The molecule has 1 saturated heterocycles. The molecule has 1 aliphatic heterocycles. The van der Waals surface area contributed by atoms with E-state index in [0.29, 0.717) is 5.41 Å². The summed E-state index contributed by atoms with van der Waals surface area (Å²) in [4.78, 5) is 0. The van der Waals surface area contributed by atoms with Crippen molar-refractivity contribution < 1.29 is 0 Å². The molecule has 1 aromatic rings. The van der Waals surface area contributed by atoms with E-state index in [-0.39, 0.29) is 5.41 Å². The van der Waals surface area contributed by atoms with Crippen LogP contribution in [0, 0.1) is 12.3 Å². The van der Waals surface area contributed by atoms with Gasteiger partial charge in [-0.05, 0) is 59.6 Å². The maximum absolute atomic E-state index is 3.47. The summed E-state index contributed by atoms with van der Waals surface area (Å²) in [7, 11) is 0. The summed E-state index contributed by atoms with van der Waals surface area (Å²) >= 11 is 0. The van der Waals surface area contributed by atoms with Crippen LogP contribution in [-0.2, 0) is 5.41 Å². The van der Waals surface area contributed by atoms with Crippen LogP contribution in [0.5, 0.6) is 0 Å². The molecule has 3 rings (SSSR count). The second-order valence-corrected chi connectivity index (χ2v) is 7.86. The molecule has 2 fully saturated rings. The van der Waals surface area contributed by atoms with Crippen molar-refractivity contribution in [2.24, 2.45) is 5.41 Å². The van der Waals surface area contributed by atoms with E-state index in [1.807, 2.05) is 0 Å². The van der Waals surface area contributed by atoms with Gasteiger partial charge < -0.3 is 5.32 Å². The molecule has 1 unspecified atom stereocenters. The van der Waals surface area contributed by atoms with Gasteiger partial charge in [-0.2, -0.15) is 0 Å². The van der Waals surface area contributed by atoms with Crippen molar-refractivity contribution in [3.05, 3.63) is 34.9 Å². The third-order valence-electron chi connectivity index (χ3n) is 5.29. The normalized spacial score (nSPS) is 25.6. The fourth-order valence-electron chi connectivity index (χ4n) is 3.82.